The average molecular weight is 295 g/mol. The summed E-state index contributed by atoms with van der Waals surface area (Å²) in [4.78, 5) is 22.7. The van der Waals surface area contributed by atoms with Gasteiger partial charge in [-0.1, -0.05) is 18.2 Å². The highest BCUT2D eigenvalue weighted by Crippen LogP contribution is 2.11. The molecule has 1 amide bonds. The Labute approximate surface area is 124 Å². The molecule has 1 rings (SSSR count). The highest BCUT2D eigenvalue weighted by molar-refractivity contribution is 5.89. The highest BCUT2D eigenvalue weighted by atomic mass is 16.5. The molecule has 0 aromatic heterocycles. The lowest BCUT2D eigenvalue weighted by Gasteiger charge is -2.07. The zero-order valence-electron chi connectivity index (χ0n) is 12.1. The lowest BCUT2D eigenvalue weighted by molar-refractivity contribution is -0.121. The molecule has 6 nitrogen and oxygen atoms in total. The maximum Gasteiger partial charge on any atom is 0.335 e. The molecule has 0 saturated heterocycles. The number of carbonyl (C=O) groups is 2. The van der Waals surface area contributed by atoms with Crippen LogP contribution in [-0.2, 0) is 20.7 Å². The van der Waals surface area contributed by atoms with Gasteiger partial charge in [0.25, 0.3) is 0 Å². The van der Waals surface area contributed by atoms with Crippen LogP contribution in [0.5, 0.6) is 0 Å². The maximum absolute atomic E-state index is 11.6. The number of aryl methyl sites for hydroxylation is 1. The minimum Gasteiger partial charge on any atom is -0.478 e. The molecule has 0 bridgehead atoms. The van der Waals surface area contributed by atoms with Crippen LogP contribution in [0.2, 0.25) is 0 Å². The van der Waals surface area contributed by atoms with Crippen LogP contribution in [0.4, 0.5) is 0 Å². The highest BCUT2D eigenvalue weighted by Gasteiger charge is 2.10. The Hall–Kier alpha value is -1.92. The van der Waals surface area contributed by atoms with E-state index in [1.807, 2.05) is 0 Å². The Bertz CT molecular complexity index is 461. The quantitative estimate of drug-likeness (QED) is 0.631. The number of hydrogen-bond acceptors (Lipinski definition) is 4. The molecule has 0 aliphatic carbocycles. The standard InChI is InChI=1S/C15H21NO5/c1-20-10-11-21-9-8-16-14(17)7-6-12-4-2-3-5-13(12)15(18)19/h2-5H,6-11H2,1H3,(H,16,17)(H,18,19). The van der Waals surface area contributed by atoms with E-state index in [9.17, 15) is 9.59 Å². The lowest BCUT2D eigenvalue weighted by Crippen LogP contribution is -2.27. The second-order valence-corrected chi connectivity index (χ2v) is 4.42. The Morgan fingerprint density at radius 1 is 1.19 bits per heavy atom. The minimum absolute atomic E-state index is 0.120. The SMILES string of the molecule is COCCOCCNC(=O)CCc1ccccc1C(=O)O. The molecular formula is C15H21NO5. The molecule has 116 valence electrons. The van der Waals surface area contributed by atoms with Gasteiger partial charge in [-0.2, -0.15) is 0 Å². The van der Waals surface area contributed by atoms with Gasteiger partial charge in [-0.05, 0) is 18.1 Å². The van der Waals surface area contributed by atoms with Crippen molar-refractivity contribution in [1.29, 1.82) is 0 Å². The summed E-state index contributed by atoms with van der Waals surface area (Å²) in [7, 11) is 1.60. The number of aromatic carboxylic acids is 1. The second-order valence-electron chi connectivity index (χ2n) is 4.42. The van der Waals surface area contributed by atoms with E-state index in [1.165, 1.54) is 0 Å². The van der Waals surface area contributed by atoms with E-state index in [0.717, 1.165) is 0 Å². The van der Waals surface area contributed by atoms with Crippen molar-refractivity contribution < 1.29 is 24.2 Å². The van der Waals surface area contributed by atoms with Gasteiger partial charge in [0.2, 0.25) is 5.91 Å². The summed E-state index contributed by atoms with van der Waals surface area (Å²) in [5, 5.41) is 11.8. The van der Waals surface area contributed by atoms with Crippen LogP contribution in [-0.4, -0.2) is 50.5 Å². The summed E-state index contributed by atoms with van der Waals surface area (Å²) in [5.74, 6) is -1.09. The number of carbonyl (C=O) groups excluding carboxylic acids is 1. The Morgan fingerprint density at radius 3 is 2.67 bits per heavy atom. The molecule has 0 spiro atoms. The summed E-state index contributed by atoms with van der Waals surface area (Å²) in [6, 6.07) is 6.71. The fourth-order valence-electron chi connectivity index (χ4n) is 1.79. The van der Waals surface area contributed by atoms with E-state index in [1.54, 1.807) is 31.4 Å². The summed E-state index contributed by atoms with van der Waals surface area (Å²) in [5.41, 5.74) is 0.907. The van der Waals surface area contributed by atoms with Crippen LogP contribution in [0.1, 0.15) is 22.3 Å². The van der Waals surface area contributed by atoms with Gasteiger partial charge in [0.1, 0.15) is 0 Å². The number of rotatable bonds is 10. The number of amides is 1. The molecule has 0 unspecified atom stereocenters. The van der Waals surface area contributed by atoms with Crippen LogP contribution >= 0.6 is 0 Å². The van der Waals surface area contributed by atoms with Crippen molar-refractivity contribution in [3.63, 3.8) is 0 Å². The van der Waals surface area contributed by atoms with Gasteiger partial charge in [0, 0.05) is 20.1 Å². The Morgan fingerprint density at radius 2 is 1.95 bits per heavy atom. The zero-order valence-corrected chi connectivity index (χ0v) is 12.1. The van der Waals surface area contributed by atoms with Gasteiger partial charge < -0.3 is 19.9 Å². The topological polar surface area (TPSA) is 84.9 Å². The maximum atomic E-state index is 11.6. The predicted molar refractivity (Wildman–Crippen MR) is 77.4 cm³/mol. The van der Waals surface area contributed by atoms with Gasteiger partial charge in [-0.3, -0.25) is 4.79 Å². The molecule has 1 aromatic rings. The molecule has 0 radical (unpaired) electrons. The van der Waals surface area contributed by atoms with Crippen molar-refractivity contribution in [2.24, 2.45) is 0 Å². The first-order valence-electron chi connectivity index (χ1n) is 6.79. The molecular weight excluding hydrogens is 274 g/mol. The smallest absolute Gasteiger partial charge is 0.335 e. The largest absolute Gasteiger partial charge is 0.478 e. The van der Waals surface area contributed by atoms with E-state index in [-0.39, 0.29) is 17.9 Å². The fraction of sp³-hybridized carbons (Fsp3) is 0.467. The summed E-state index contributed by atoms with van der Waals surface area (Å²) in [6.07, 6.45) is 0.654. The third-order valence-corrected chi connectivity index (χ3v) is 2.87. The first kappa shape index (κ1) is 17.1. The Balaban J connectivity index is 2.26. The van der Waals surface area contributed by atoms with E-state index in [4.69, 9.17) is 14.6 Å². The van der Waals surface area contributed by atoms with Gasteiger partial charge in [-0.25, -0.2) is 4.79 Å². The van der Waals surface area contributed by atoms with E-state index in [2.05, 4.69) is 5.32 Å². The fourth-order valence-corrected chi connectivity index (χ4v) is 1.79. The van der Waals surface area contributed by atoms with Crippen LogP contribution in [0.15, 0.2) is 24.3 Å². The number of nitrogens with one attached hydrogen (secondary N) is 1. The molecule has 21 heavy (non-hydrogen) atoms. The molecule has 0 fully saturated rings. The Kier molecular flexibility index (Phi) is 8.08. The normalized spacial score (nSPS) is 10.3. The third-order valence-electron chi connectivity index (χ3n) is 2.87. The van der Waals surface area contributed by atoms with Crippen molar-refractivity contribution >= 4 is 11.9 Å². The van der Waals surface area contributed by atoms with Gasteiger partial charge in [-0.15, -0.1) is 0 Å². The molecule has 6 heteroatoms. The van der Waals surface area contributed by atoms with Crippen LogP contribution in [0.25, 0.3) is 0 Å². The van der Waals surface area contributed by atoms with Crippen molar-refractivity contribution in [2.75, 3.05) is 33.5 Å². The van der Waals surface area contributed by atoms with E-state index in [0.29, 0.717) is 38.3 Å². The van der Waals surface area contributed by atoms with E-state index >= 15 is 0 Å². The van der Waals surface area contributed by atoms with Crippen molar-refractivity contribution in [1.82, 2.24) is 5.32 Å². The third kappa shape index (κ3) is 6.87. The number of ether oxygens (including phenoxy) is 2. The summed E-state index contributed by atoms with van der Waals surface area (Å²) >= 11 is 0. The number of methoxy groups -OCH3 is 1. The first-order valence-corrected chi connectivity index (χ1v) is 6.79. The molecule has 0 heterocycles. The van der Waals surface area contributed by atoms with Crippen LogP contribution in [0.3, 0.4) is 0 Å². The zero-order chi connectivity index (χ0) is 15.5. The van der Waals surface area contributed by atoms with Crippen molar-refractivity contribution in [3.8, 4) is 0 Å². The molecule has 2 N–H and O–H groups in total. The molecule has 0 atom stereocenters. The summed E-state index contributed by atoms with van der Waals surface area (Å²) < 4.78 is 10.0. The average Bonchev–Trinajstić information content (AvgIpc) is 2.49. The second kappa shape index (κ2) is 9.90. The van der Waals surface area contributed by atoms with Crippen LogP contribution < -0.4 is 5.32 Å². The number of carboxylic acid groups (broad SMARTS) is 1. The van der Waals surface area contributed by atoms with Crippen molar-refractivity contribution in [3.05, 3.63) is 35.4 Å². The first-order chi connectivity index (χ1) is 10.1. The molecule has 0 aliphatic heterocycles. The molecule has 1 aromatic carbocycles. The van der Waals surface area contributed by atoms with Crippen molar-refractivity contribution in [2.45, 2.75) is 12.8 Å². The molecule has 0 saturated carbocycles. The monoisotopic (exact) mass is 295 g/mol. The number of benzene rings is 1. The predicted octanol–water partition coefficient (Wildman–Crippen LogP) is 1.10. The lowest BCUT2D eigenvalue weighted by atomic mass is 10.0. The van der Waals surface area contributed by atoms with Crippen LogP contribution in [0, 0.1) is 0 Å². The van der Waals surface area contributed by atoms with Gasteiger partial charge in [0.05, 0.1) is 25.4 Å². The van der Waals surface area contributed by atoms with E-state index < -0.39 is 5.97 Å². The van der Waals surface area contributed by atoms with Gasteiger partial charge in [0.15, 0.2) is 0 Å². The molecule has 0 aliphatic rings. The summed E-state index contributed by atoms with van der Waals surface area (Å²) in [6.45, 7) is 1.89. The number of carboxylic acids is 1. The number of hydrogen-bond donors (Lipinski definition) is 2. The van der Waals surface area contributed by atoms with Gasteiger partial charge >= 0.3 is 5.97 Å². The minimum atomic E-state index is -0.974.